The molecule has 2 aromatic carbocycles. The zero-order valence-corrected chi connectivity index (χ0v) is 14.8. The zero-order chi connectivity index (χ0) is 19.6. The summed E-state index contributed by atoms with van der Waals surface area (Å²) in [6.45, 7) is 2.03. The van der Waals surface area contributed by atoms with E-state index in [1.54, 1.807) is 7.11 Å². The molecule has 0 spiro atoms. The Bertz CT molecular complexity index is 779. The van der Waals surface area contributed by atoms with Gasteiger partial charge in [0.05, 0.1) is 7.11 Å². The molecule has 8 heteroatoms. The first-order valence-electron chi connectivity index (χ1n) is 8.18. The molecule has 8 nitrogen and oxygen atoms in total. The zero-order valence-electron chi connectivity index (χ0n) is 14.8. The van der Waals surface area contributed by atoms with E-state index in [0.29, 0.717) is 6.79 Å². The predicted molar refractivity (Wildman–Crippen MR) is 96.2 cm³/mol. The summed E-state index contributed by atoms with van der Waals surface area (Å²) in [7, 11) is 1.71. The molecule has 144 valence electrons. The number of hydrogen-bond acceptors (Lipinski definition) is 6. The highest BCUT2D eigenvalue weighted by molar-refractivity contribution is 6.27. The molecule has 27 heavy (non-hydrogen) atoms. The van der Waals surface area contributed by atoms with E-state index in [0.717, 1.165) is 36.8 Å². The van der Waals surface area contributed by atoms with Crippen molar-refractivity contribution >= 4 is 11.9 Å². The lowest BCUT2D eigenvalue weighted by Gasteiger charge is -2.09. The van der Waals surface area contributed by atoms with E-state index in [4.69, 9.17) is 34.0 Å². The van der Waals surface area contributed by atoms with E-state index in [9.17, 15) is 0 Å². The van der Waals surface area contributed by atoms with Crippen LogP contribution in [0.4, 0.5) is 0 Å². The lowest BCUT2D eigenvalue weighted by Crippen LogP contribution is -2.16. The minimum absolute atomic E-state index is 0.319. The van der Waals surface area contributed by atoms with E-state index in [-0.39, 0.29) is 0 Å². The van der Waals surface area contributed by atoms with Crippen LogP contribution in [0.3, 0.4) is 0 Å². The summed E-state index contributed by atoms with van der Waals surface area (Å²) in [5.74, 6) is -1.04. The van der Waals surface area contributed by atoms with Gasteiger partial charge in [0.25, 0.3) is 0 Å². The molecule has 3 rings (SSSR count). The van der Waals surface area contributed by atoms with Crippen LogP contribution in [0.1, 0.15) is 11.1 Å². The number of rotatable bonds is 6. The van der Waals surface area contributed by atoms with Crippen molar-refractivity contribution in [3.05, 3.63) is 53.6 Å². The summed E-state index contributed by atoms with van der Waals surface area (Å²) < 4.78 is 16.0. The number of nitrogens with one attached hydrogen (secondary N) is 1. The Kier molecular flexibility index (Phi) is 7.45. The molecule has 0 fully saturated rings. The monoisotopic (exact) mass is 375 g/mol. The van der Waals surface area contributed by atoms with Crippen molar-refractivity contribution in [1.82, 2.24) is 5.32 Å². The molecule has 0 bridgehead atoms. The smallest absolute Gasteiger partial charge is 0.414 e. The van der Waals surface area contributed by atoms with Crippen molar-refractivity contribution < 1.29 is 34.0 Å². The molecule has 1 heterocycles. The van der Waals surface area contributed by atoms with Crippen molar-refractivity contribution in [2.24, 2.45) is 0 Å². The fourth-order valence-corrected chi connectivity index (χ4v) is 2.42. The van der Waals surface area contributed by atoms with Crippen LogP contribution in [0.25, 0.3) is 0 Å². The van der Waals surface area contributed by atoms with Crippen molar-refractivity contribution in [3.63, 3.8) is 0 Å². The van der Waals surface area contributed by atoms with Gasteiger partial charge in [-0.3, -0.25) is 0 Å². The molecule has 2 aromatic rings. The van der Waals surface area contributed by atoms with Crippen molar-refractivity contribution in [3.8, 4) is 17.2 Å². The van der Waals surface area contributed by atoms with E-state index < -0.39 is 11.9 Å². The summed E-state index contributed by atoms with van der Waals surface area (Å²) >= 11 is 0. The maximum absolute atomic E-state index is 9.10. The first-order chi connectivity index (χ1) is 13.0. The Morgan fingerprint density at radius 3 is 2.48 bits per heavy atom. The van der Waals surface area contributed by atoms with Crippen LogP contribution in [0.2, 0.25) is 0 Å². The molecule has 0 saturated carbocycles. The minimum Gasteiger partial charge on any atom is -0.496 e. The number of hydrogen-bond donors (Lipinski definition) is 3. The fraction of sp³-hybridized carbons (Fsp3) is 0.263. The van der Waals surface area contributed by atoms with Gasteiger partial charge in [0.2, 0.25) is 6.79 Å². The molecule has 3 N–H and O–H groups in total. The van der Waals surface area contributed by atoms with Gasteiger partial charge in [0.15, 0.2) is 11.5 Å². The highest BCUT2D eigenvalue weighted by atomic mass is 16.7. The average Bonchev–Trinajstić information content (AvgIpc) is 3.13. The van der Waals surface area contributed by atoms with Crippen LogP contribution in [0.5, 0.6) is 17.2 Å². The van der Waals surface area contributed by atoms with Gasteiger partial charge >= 0.3 is 11.9 Å². The second-order valence-corrected chi connectivity index (χ2v) is 5.54. The maximum atomic E-state index is 9.10. The van der Waals surface area contributed by atoms with Gasteiger partial charge in [-0.15, -0.1) is 0 Å². The van der Waals surface area contributed by atoms with Crippen LogP contribution in [0.15, 0.2) is 42.5 Å². The number of para-hydroxylation sites is 1. The number of aliphatic carboxylic acids is 2. The highest BCUT2D eigenvalue weighted by Gasteiger charge is 2.12. The standard InChI is InChI=1S/C17H19NO3.C2H2O4/c1-19-15-5-3-2-4-14(15)8-9-18-11-13-6-7-16-17(10-13)21-12-20-16;3-1(4)2(5)6/h2-7,10,18H,8-9,11-12H2,1H3;(H,3,4)(H,5,6). The quantitative estimate of drug-likeness (QED) is 0.518. The number of carboxylic acid groups (broad SMARTS) is 2. The number of carbonyl (C=O) groups is 2. The summed E-state index contributed by atoms with van der Waals surface area (Å²) in [4.78, 5) is 18.2. The van der Waals surface area contributed by atoms with Crippen molar-refractivity contribution in [2.45, 2.75) is 13.0 Å². The third-order valence-electron chi connectivity index (χ3n) is 3.71. The molecule has 0 atom stereocenters. The topological polar surface area (TPSA) is 114 Å². The largest absolute Gasteiger partial charge is 0.496 e. The van der Waals surface area contributed by atoms with Crippen LogP contribution in [-0.2, 0) is 22.6 Å². The molecule has 0 unspecified atom stereocenters. The Morgan fingerprint density at radius 1 is 1.07 bits per heavy atom. The third-order valence-corrected chi connectivity index (χ3v) is 3.71. The highest BCUT2D eigenvalue weighted by Crippen LogP contribution is 2.32. The summed E-state index contributed by atoms with van der Waals surface area (Å²) in [6.07, 6.45) is 0.939. The SMILES string of the molecule is COc1ccccc1CCNCc1ccc2c(c1)OCO2.O=C(O)C(=O)O. The molecule has 0 saturated heterocycles. The van der Waals surface area contributed by atoms with Crippen LogP contribution in [0, 0.1) is 0 Å². The van der Waals surface area contributed by atoms with Crippen LogP contribution < -0.4 is 19.5 Å². The molecular weight excluding hydrogens is 354 g/mol. The Balaban J connectivity index is 0.000000380. The number of ether oxygens (including phenoxy) is 3. The molecule has 0 radical (unpaired) electrons. The van der Waals surface area contributed by atoms with Crippen molar-refractivity contribution in [2.75, 3.05) is 20.4 Å². The van der Waals surface area contributed by atoms with Gasteiger partial charge in [0, 0.05) is 6.54 Å². The number of fused-ring (bicyclic) bond motifs is 1. The molecular formula is C19H21NO7. The van der Waals surface area contributed by atoms with Gasteiger partial charge < -0.3 is 29.7 Å². The summed E-state index contributed by atoms with van der Waals surface area (Å²) in [5.41, 5.74) is 2.41. The lowest BCUT2D eigenvalue weighted by atomic mass is 10.1. The maximum Gasteiger partial charge on any atom is 0.414 e. The Morgan fingerprint density at radius 2 is 1.78 bits per heavy atom. The Labute approximate surface area is 156 Å². The van der Waals surface area contributed by atoms with E-state index in [1.807, 2.05) is 30.3 Å². The van der Waals surface area contributed by atoms with Gasteiger partial charge in [-0.1, -0.05) is 24.3 Å². The number of carboxylic acids is 2. The Hall–Kier alpha value is -3.26. The lowest BCUT2D eigenvalue weighted by molar-refractivity contribution is -0.159. The first kappa shape index (κ1) is 20.1. The van der Waals surface area contributed by atoms with Gasteiger partial charge in [0.1, 0.15) is 5.75 Å². The van der Waals surface area contributed by atoms with E-state index in [1.165, 1.54) is 11.1 Å². The number of methoxy groups -OCH3 is 1. The number of benzene rings is 2. The first-order valence-corrected chi connectivity index (χ1v) is 8.18. The van der Waals surface area contributed by atoms with Gasteiger partial charge in [-0.2, -0.15) is 0 Å². The molecule has 0 aromatic heterocycles. The third kappa shape index (κ3) is 6.19. The molecule has 0 amide bonds. The van der Waals surface area contributed by atoms with Crippen molar-refractivity contribution in [1.29, 1.82) is 0 Å². The van der Waals surface area contributed by atoms with Gasteiger partial charge in [-0.25, -0.2) is 9.59 Å². The predicted octanol–water partition coefficient (Wildman–Crippen LogP) is 1.91. The van der Waals surface area contributed by atoms with Crippen LogP contribution in [-0.4, -0.2) is 42.6 Å². The van der Waals surface area contributed by atoms with E-state index >= 15 is 0 Å². The molecule has 1 aliphatic heterocycles. The summed E-state index contributed by atoms with van der Waals surface area (Å²) in [5, 5.41) is 18.2. The molecule has 1 aliphatic rings. The average molecular weight is 375 g/mol. The fourth-order valence-electron chi connectivity index (χ4n) is 2.42. The normalized spacial score (nSPS) is 11.3. The second kappa shape index (κ2) is 10.0. The van der Waals surface area contributed by atoms with E-state index in [2.05, 4.69) is 17.4 Å². The van der Waals surface area contributed by atoms with Gasteiger partial charge in [-0.05, 0) is 42.3 Å². The minimum atomic E-state index is -1.82. The van der Waals surface area contributed by atoms with Crippen LogP contribution >= 0.6 is 0 Å². The molecule has 0 aliphatic carbocycles. The summed E-state index contributed by atoms with van der Waals surface area (Å²) in [6, 6.07) is 14.2. The second-order valence-electron chi connectivity index (χ2n) is 5.54.